The van der Waals surface area contributed by atoms with Crippen molar-refractivity contribution in [1.82, 2.24) is 0 Å². The topological polar surface area (TPSA) is 89.5 Å². The van der Waals surface area contributed by atoms with Gasteiger partial charge in [-0.05, 0) is 37.1 Å². The molecule has 1 saturated carbocycles. The number of hydrogen-bond donors (Lipinski definition) is 0. The number of ether oxygens (including phenoxy) is 6. The maximum atomic E-state index is 13.0. The number of benzene rings is 2. The fraction of sp³-hybridized carbons (Fsp3) is 0.360. The Morgan fingerprint density at radius 2 is 1.64 bits per heavy atom. The molecule has 4 rings (SSSR count). The summed E-state index contributed by atoms with van der Waals surface area (Å²) in [5.41, 5.74) is 0.235. The molecule has 8 heteroatoms. The fourth-order valence-corrected chi connectivity index (χ4v) is 4.17. The smallest absolute Gasteiger partial charge is 0.346 e. The number of ketones is 1. The van der Waals surface area contributed by atoms with Crippen LogP contribution in [0.3, 0.4) is 0 Å². The van der Waals surface area contributed by atoms with Crippen LogP contribution in [0, 0.1) is 5.92 Å². The van der Waals surface area contributed by atoms with E-state index in [9.17, 15) is 9.59 Å². The Labute approximate surface area is 192 Å². The van der Waals surface area contributed by atoms with Gasteiger partial charge in [0.05, 0.1) is 27.2 Å². The van der Waals surface area contributed by atoms with Crippen LogP contribution < -0.4 is 18.9 Å². The lowest BCUT2D eigenvalue weighted by Crippen LogP contribution is -2.43. The molecular weight excluding hydrogens is 428 g/mol. The first-order valence-corrected chi connectivity index (χ1v) is 10.7. The molecule has 33 heavy (non-hydrogen) atoms. The molecule has 0 saturated heterocycles. The molecule has 0 radical (unpaired) electrons. The maximum Gasteiger partial charge on any atom is 0.346 e. The van der Waals surface area contributed by atoms with E-state index in [1.807, 2.05) is 0 Å². The van der Waals surface area contributed by atoms with Gasteiger partial charge in [0.2, 0.25) is 11.5 Å². The van der Waals surface area contributed by atoms with E-state index in [4.69, 9.17) is 28.4 Å². The van der Waals surface area contributed by atoms with Gasteiger partial charge in [0.1, 0.15) is 47.0 Å². The minimum atomic E-state index is -0.535. The second kappa shape index (κ2) is 9.85. The van der Waals surface area contributed by atoms with Crippen molar-refractivity contribution >= 4 is 11.8 Å². The molecule has 3 atom stereocenters. The number of carbonyl (C=O) groups excluding carboxylic acids is 2. The summed E-state index contributed by atoms with van der Waals surface area (Å²) in [4.78, 5) is 25.9. The molecule has 0 aromatic heterocycles. The standard InChI is InChI=1S/C25H26O8/c1-28-15-6-4-7-16(12-15)32-22-14-31-21-13-17(10-11-18(21)24(22)26)33-25(27)23-19(29-2)8-5-9-20(23)30-3/h4-9,12,14,17-18,21H,10-11,13H2,1-3H3. The number of esters is 1. The molecule has 1 aliphatic carbocycles. The maximum absolute atomic E-state index is 13.0. The Morgan fingerprint density at radius 3 is 2.33 bits per heavy atom. The number of Topliss-reactive ketones (excluding diaryl/α,β-unsaturated/α-hetero) is 1. The summed E-state index contributed by atoms with van der Waals surface area (Å²) in [5.74, 6) is 1.01. The second-order valence-electron chi connectivity index (χ2n) is 7.79. The monoisotopic (exact) mass is 454 g/mol. The lowest BCUT2D eigenvalue weighted by Gasteiger charge is -2.36. The number of carbonyl (C=O) groups is 2. The van der Waals surface area contributed by atoms with Gasteiger partial charge in [0, 0.05) is 12.5 Å². The summed E-state index contributed by atoms with van der Waals surface area (Å²) in [7, 11) is 4.53. The zero-order valence-electron chi connectivity index (χ0n) is 18.7. The van der Waals surface area contributed by atoms with Crippen LogP contribution in [0.25, 0.3) is 0 Å². The Hall–Kier alpha value is -3.68. The SMILES string of the molecule is COc1cccc(OC2=COC3CC(OC(=O)c4c(OC)cccc4OC)CCC3C2=O)c1. The average Bonchev–Trinajstić information content (AvgIpc) is 2.85. The summed E-state index contributed by atoms with van der Waals surface area (Å²) in [5, 5.41) is 0. The lowest BCUT2D eigenvalue weighted by atomic mass is 9.80. The zero-order chi connectivity index (χ0) is 23.4. The van der Waals surface area contributed by atoms with E-state index in [-0.39, 0.29) is 29.1 Å². The molecule has 0 bridgehead atoms. The molecule has 2 aromatic carbocycles. The first-order chi connectivity index (χ1) is 16.0. The Balaban J connectivity index is 1.42. The summed E-state index contributed by atoms with van der Waals surface area (Å²) >= 11 is 0. The molecule has 0 spiro atoms. The third-order valence-corrected chi connectivity index (χ3v) is 5.85. The van der Waals surface area contributed by atoms with Crippen molar-refractivity contribution in [2.24, 2.45) is 5.92 Å². The molecule has 1 heterocycles. The number of allylic oxidation sites excluding steroid dienone is 1. The highest BCUT2D eigenvalue weighted by Crippen LogP contribution is 2.37. The van der Waals surface area contributed by atoms with E-state index in [1.165, 1.54) is 20.5 Å². The van der Waals surface area contributed by atoms with Gasteiger partial charge >= 0.3 is 5.97 Å². The Kier molecular flexibility index (Phi) is 6.72. The molecule has 2 aliphatic rings. The van der Waals surface area contributed by atoms with Crippen LogP contribution in [0.4, 0.5) is 0 Å². The van der Waals surface area contributed by atoms with Gasteiger partial charge in [0.25, 0.3) is 0 Å². The molecule has 174 valence electrons. The summed E-state index contributed by atoms with van der Waals surface area (Å²) in [6.45, 7) is 0. The van der Waals surface area contributed by atoms with Gasteiger partial charge in [-0.15, -0.1) is 0 Å². The van der Waals surface area contributed by atoms with Crippen LogP contribution in [0.2, 0.25) is 0 Å². The normalized spacial score (nSPS) is 21.7. The van der Waals surface area contributed by atoms with E-state index in [0.29, 0.717) is 42.3 Å². The van der Waals surface area contributed by atoms with Crippen LogP contribution in [0.5, 0.6) is 23.0 Å². The number of hydrogen-bond acceptors (Lipinski definition) is 8. The van der Waals surface area contributed by atoms with Crippen LogP contribution in [-0.2, 0) is 14.3 Å². The molecular formula is C25H26O8. The molecule has 8 nitrogen and oxygen atoms in total. The van der Waals surface area contributed by atoms with E-state index >= 15 is 0 Å². The average molecular weight is 454 g/mol. The number of rotatable bonds is 7. The van der Waals surface area contributed by atoms with Crippen molar-refractivity contribution < 1.29 is 38.0 Å². The molecule has 1 fully saturated rings. The minimum Gasteiger partial charge on any atom is -0.497 e. The van der Waals surface area contributed by atoms with E-state index in [1.54, 1.807) is 49.6 Å². The number of fused-ring (bicyclic) bond motifs is 1. The summed E-state index contributed by atoms with van der Waals surface area (Å²) in [6, 6.07) is 12.1. The van der Waals surface area contributed by atoms with Gasteiger partial charge in [-0.2, -0.15) is 0 Å². The molecule has 3 unspecified atom stereocenters. The Bertz CT molecular complexity index is 1040. The van der Waals surface area contributed by atoms with Crippen LogP contribution in [-0.4, -0.2) is 45.3 Å². The molecule has 2 aromatic rings. The van der Waals surface area contributed by atoms with Crippen LogP contribution in [0.15, 0.2) is 54.5 Å². The van der Waals surface area contributed by atoms with Crippen molar-refractivity contribution in [3.05, 3.63) is 60.0 Å². The highest BCUT2D eigenvalue weighted by molar-refractivity contribution is 5.97. The molecule has 0 N–H and O–H groups in total. The molecule has 0 amide bonds. The predicted octanol–water partition coefficient (Wildman–Crippen LogP) is 3.93. The van der Waals surface area contributed by atoms with Gasteiger partial charge in [-0.25, -0.2) is 4.79 Å². The highest BCUT2D eigenvalue weighted by Gasteiger charge is 2.42. The van der Waals surface area contributed by atoms with Crippen molar-refractivity contribution in [2.75, 3.05) is 21.3 Å². The zero-order valence-corrected chi connectivity index (χ0v) is 18.7. The quantitative estimate of drug-likeness (QED) is 0.582. The largest absolute Gasteiger partial charge is 0.497 e. The predicted molar refractivity (Wildman–Crippen MR) is 118 cm³/mol. The van der Waals surface area contributed by atoms with E-state index in [2.05, 4.69) is 0 Å². The van der Waals surface area contributed by atoms with E-state index < -0.39 is 12.1 Å². The lowest BCUT2D eigenvalue weighted by molar-refractivity contribution is -0.132. The van der Waals surface area contributed by atoms with Gasteiger partial charge in [0.15, 0.2) is 0 Å². The Morgan fingerprint density at radius 1 is 0.939 bits per heavy atom. The van der Waals surface area contributed by atoms with Crippen molar-refractivity contribution in [2.45, 2.75) is 31.5 Å². The second-order valence-corrected chi connectivity index (χ2v) is 7.79. The first kappa shape index (κ1) is 22.5. The van der Waals surface area contributed by atoms with Crippen molar-refractivity contribution in [3.8, 4) is 23.0 Å². The van der Waals surface area contributed by atoms with E-state index in [0.717, 1.165) is 0 Å². The van der Waals surface area contributed by atoms with Gasteiger partial charge in [-0.1, -0.05) is 12.1 Å². The summed E-state index contributed by atoms with van der Waals surface area (Å²) in [6.07, 6.45) is 2.02. The number of methoxy groups -OCH3 is 3. The van der Waals surface area contributed by atoms with Crippen molar-refractivity contribution in [3.63, 3.8) is 0 Å². The summed E-state index contributed by atoms with van der Waals surface area (Å²) < 4.78 is 33.1. The first-order valence-electron chi connectivity index (χ1n) is 10.7. The third kappa shape index (κ3) is 4.74. The third-order valence-electron chi connectivity index (χ3n) is 5.85. The molecule has 1 aliphatic heterocycles. The van der Waals surface area contributed by atoms with Crippen LogP contribution >= 0.6 is 0 Å². The fourth-order valence-electron chi connectivity index (χ4n) is 4.17. The minimum absolute atomic E-state index is 0.120. The van der Waals surface area contributed by atoms with Gasteiger partial charge < -0.3 is 28.4 Å². The highest BCUT2D eigenvalue weighted by atomic mass is 16.6. The van der Waals surface area contributed by atoms with Crippen molar-refractivity contribution in [1.29, 1.82) is 0 Å². The van der Waals surface area contributed by atoms with Crippen LogP contribution in [0.1, 0.15) is 29.6 Å². The van der Waals surface area contributed by atoms with Gasteiger partial charge in [-0.3, -0.25) is 4.79 Å².